The van der Waals surface area contributed by atoms with E-state index in [2.05, 4.69) is 18.2 Å². The highest BCUT2D eigenvalue weighted by Gasteiger charge is 2.23. The number of methoxy groups -OCH3 is 1. The zero-order valence-corrected chi connectivity index (χ0v) is 12.3. The van der Waals surface area contributed by atoms with Gasteiger partial charge in [-0.15, -0.1) is 0 Å². The van der Waals surface area contributed by atoms with Crippen LogP contribution in [0.25, 0.3) is 10.8 Å². The van der Waals surface area contributed by atoms with Gasteiger partial charge in [0.2, 0.25) is 0 Å². The van der Waals surface area contributed by atoms with Gasteiger partial charge in [0.25, 0.3) is 0 Å². The molecule has 3 nitrogen and oxygen atoms in total. The van der Waals surface area contributed by atoms with E-state index in [4.69, 9.17) is 9.47 Å². The van der Waals surface area contributed by atoms with Crippen molar-refractivity contribution < 1.29 is 14.3 Å². The van der Waals surface area contributed by atoms with E-state index < -0.39 is 0 Å². The van der Waals surface area contributed by atoms with Gasteiger partial charge in [-0.25, -0.2) is 0 Å². The first-order chi connectivity index (χ1) is 10.3. The Hall–Kier alpha value is -1.87. The van der Waals surface area contributed by atoms with Crippen LogP contribution in [0.2, 0.25) is 0 Å². The first-order valence-corrected chi connectivity index (χ1v) is 7.44. The van der Waals surface area contributed by atoms with Gasteiger partial charge in [-0.2, -0.15) is 0 Å². The van der Waals surface area contributed by atoms with E-state index in [1.807, 2.05) is 18.2 Å². The van der Waals surface area contributed by atoms with Crippen LogP contribution < -0.4 is 4.74 Å². The maximum Gasteiger partial charge on any atom is 0.188 e. The second kappa shape index (κ2) is 6.27. The summed E-state index contributed by atoms with van der Waals surface area (Å²) < 4.78 is 10.6. The van der Waals surface area contributed by atoms with Gasteiger partial charge in [-0.1, -0.05) is 24.3 Å². The third kappa shape index (κ3) is 3.08. The van der Waals surface area contributed by atoms with Crippen molar-refractivity contribution >= 4 is 16.6 Å². The van der Waals surface area contributed by atoms with E-state index in [1.54, 1.807) is 7.11 Å². The molecule has 1 aliphatic carbocycles. The predicted octanol–water partition coefficient (Wildman–Crippen LogP) is 4.05. The third-order valence-electron chi connectivity index (χ3n) is 4.13. The monoisotopic (exact) mass is 284 g/mol. The summed E-state index contributed by atoms with van der Waals surface area (Å²) in [5, 5.41) is 2.38. The maximum atomic E-state index is 11.8. The van der Waals surface area contributed by atoms with Crippen molar-refractivity contribution in [2.75, 3.05) is 13.9 Å². The van der Waals surface area contributed by atoms with Crippen molar-refractivity contribution in [2.45, 2.75) is 31.6 Å². The molecule has 0 radical (unpaired) electrons. The topological polar surface area (TPSA) is 35.5 Å². The van der Waals surface area contributed by atoms with E-state index in [9.17, 15) is 4.79 Å². The molecule has 0 N–H and O–H groups in total. The fourth-order valence-electron chi connectivity index (χ4n) is 3.15. The van der Waals surface area contributed by atoms with Crippen LogP contribution in [0.1, 0.15) is 37.2 Å². The summed E-state index contributed by atoms with van der Waals surface area (Å²) in [5.74, 6) is 1.49. The zero-order valence-electron chi connectivity index (χ0n) is 12.3. The zero-order chi connectivity index (χ0) is 14.7. The number of hydrogen-bond acceptors (Lipinski definition) is 3. The molecule has 0 bridgehead atoms. The van der Waals surface area contributed by atoms with Gasteiger partial charge >= 0.3 is 0 Å². The number of Topliss-reactive ketones (excluding diaryl/α,β-unsaturated/α-hetero) is 1. The number of carbonyl (C=O) groups excluding carboxylic acids is 1. The molecule has 2 aromatic rings. The molecule has 0 aliphatic heterocycles. The van der Waals surface area contributed by atoms with Gasteiger partial charge in [0, 0.05) is 20.0 Å². The molecule has 0 amide bonds. The van der Waals surface area contributed by atoms with Crippen LogP contribution >= 0.6 is 0 Å². The average Bonchev–Trinajstić information content (AvgIpc) is 2.52. The lowest BCUT2D eigenvalue weighted by atomic mass is 9.81. The highest BCUT2D eigenvalue weighted by Crippen LogP contribution is 2.37. The number of ketones is 1. The van der Waals surface area contributed by atoms with Gasteiger partial charge in [0.1, 0.15) is 11.5 Å². The van der Waals surface area contributed by atoms with Crippen LogP contribution in [0.5, 0.6) is 5.75 Å². The van der Waals surface area contributed by atoms with E-state index in [0.717, 1.165) is 30.4 Å². The average molecular weight is 284 g/mol. The second-order valence-electron chi connectivity index (χ2n) is 5.62. The summed E-state index contributed by atoms with van der Waals surface area (Å²) in [6, 6.07) is 12.4. The lowest BCUT2D eigenvalue weighted by molar-refractivity contribution is -0.120. The van der Waals surface area contributed by atoms with Crippen molar-refractivity contribution in [1.29, 1.82) is 0 Å². The quantitative estimate of drug-likeness (QED) is 0.795. The molecular formula is C18H20O3. The highest BCUT2D eigenvalue weighted by molar-refractivity contribution is 5.89. The largest absolute Gasteiger partial charge is 0.468 e. The van der Waals surface area contributed by atoms with Crippen LogP contribution in [0, 0.1) is 0 Å². The SMILES string of the molecule is COCOc1cc(C2CCCC(=O)C2)c2ccccc2c1. The molecule has 21 heavy (non-hydrogen) atoms. The number of carbonyl (C=O) groups is 1. The van der Waals surface area contributed by atoms with E-state index in [0.29, 0.717) is 18.1 Å². The fourth-order valence-corrected chi connectivity index (χ4v) is 3.15. The molecule has 0 heterocycles. The molecule has 0 aromatic heterocycles. The number of ether oxygens (including phenoxy) is 2. The van der Waals surface area contributed by atoms with Crippen molar-refractivity contribution in [3.05, 3.63) is 42.0 Å². The van der Waals surface area contributed by atoms with Gasteiger partial charge in [0.05, 0.1) is 0 Å². The Kier molecular flexibility index (Phi) is 4.20. The van der Waals surface area contributed by atoms with Crippen LogP contribution in [-0.4, -0.2) is 19.7 Å². The van der Waals surface area contributed by atoms with Gasteiger partial charge in [0.15, 0.2) is 6.79 Å². The Morgan fingerprint density at radius 3 is 2.90 bits per heavy atom. The molecule has 110 valence electrons. The van der Waals surface area contributed by atoms with Crippen molar-refractivity contribution in [3.8, 4) is 5.75 Å². The minimum Gasteiger partial charge on any atom is -0.468 e. The van der Waals surface area contributed by atoms with Crippen molar-refractivity contribution in [2.24, 2.45) is 0 Å². The third-order valence-corrected chi connectivity index (χ3v) is 4.13. The summed E-state index contributed by atoms with van der Waals surface area (Å²) >= 11 is 0. The number of benzene rings is 2. The smallest absolute Gasteiger partial charge is 0.188 e. The normalized spacial score (nSPS) is 18.9. The van der Waals surface area contributed by atoms with E-state index in [1.165, 1.54) is 10.9 Å². The Morgan fingerprint density at radius 2 is 2.10 bits per heavy atom. The lowest BCUT2D eigenvalue weighted by Crippen LogP contribution is -2.14. The molecule has 1 fully saturated rings. The Balaban J connectivity index is 2.03. The molecule has 0 saturated heterocycles. The molecule has 2 aromatic carbocycles. The number of hydrogen-bond donors (Lipinski definition) is 0. The first kappa shape index (κ1) is 14.1. The maximum absolute atomic E-state index is 11.8. The Bertz CT molecular complexity index is 648. The molecule has 1 unspecified atom stereocenters. The van der Waals surface area contributed by atoms with Crippen LogP contribution in [0.15, 0.2) is 36.4 Å². The van der Waals surface area contributed by atoms with Gasteiger partial charge in [-0.05, 0) is 47.2 Å². The molecule has 1 aliphatic rings. The standard InChI is InChI=1S/C18H20O3/c1-20-12-21-16-10-14-5-2-3-8-17(14)18(11-16)13-6-4-7-15(19)9-13/h2-3,5,8,10-11,13H,4,6-7,9,12H2,1H3. The van der Waals surface area contributed by atoms with Crippen molar-refractivity contribution in [3.63, 3.8) is 0 Å². The first-order valence-electron chi connectivity index (χ1n) is 7.44. The van der Waals surface area contributed by atoms with E-state index in [-0.39, 0.29) is 6.79 Å². The predicted molar refractivity (Wildman–Crippen MR) is 82.7 cm³/mol. The highest BCUT2D eigenvalue weighted by atomic mass is 16.7. The lowest BCUT2D eigenvalue weighted by Gasteiger charge is -2.23. The summed E-state index contributed by atoms with van der Waals surface area (Å²) in [7, 11) is 1.61. The summed E-state index contributed by atoms with van der Waals surface area (Å²) in [6.07, 6.45) is 3.44. The molecule has 1 atom stereocenters. The number of fused-ring (bicyclic) bond motifs is 1. The summed E-state index contributed by atoms with van der Waals surface area (Å²) in [4.78, 5) is 11.8. The Morgan fingerprint density at radius 1 is 1.24 bits per heavy atom. The molecular weight excluding hydrogens is 264 g/mol. The van der Waals surface area contributed by atoms with Crippen LogP contribution in [0.3, 0.4) is 0 Å². The van der Waals surface area contributed by atoms with Crippen LogP contribution in [-0.2, 0) is 9.53 Å². The minimum absolute atomic E-state index is 0.237. The van der Waals surface area contributed by atoms with Crippen molar-refractivity contribution in [1.82, 2.24) is 0 Å². The number of rotatable bonds is 4. The molecule has 0 spiro atoms. The van der Waals surface area contributed by atoms with Gasteiger partial charge in [-0.3, -0.25) is 4.79 Å². The Labute approximate surface area is 124 Å². The summed E-state index contributed by atoms with van der Waals surface area (Å²) in [6.45, 7) is 0.237. The fraction of sp³-hybridized carbons (Fsp3) is 0.389. The summed E-state index contributed by atoms with van der Waals surface area (Å²) in [5.41, 5.74) is 1.23. The second-order valence-corrected chi connectivity index (χ2v) is 5.62. The molecule has 1 saturated carbocycles. The molecule has 3 heteroatoms. The van der Waals surface area contributed by atoms with Gasteiger partial charge < -0.3 is 9.47 Å². The van der Waals surface area contributed by atoms with E-state index >= 15 is 0 Å². The van der Waals surface area contributed by atoms with Crippen LogP contribution in [0.4, 0.5) is 0 Å². The molecule has 3 rings (SSSR count). The minimum atomic E-state index is 0.237.